The quantitative estimate of drug-likeness (QED) is 0.661. The van der Waals surface area contributed by atoms with Crippen LogP contribution >= 0.6 is 0 Å². The van der Waals surface area contributed by atoms with E-state index in [9.17, 15) is 10.2 Å². The third-order valence-corrected chi connectivity index (χ3v) is 5.47. The predicted octanol–water partition coefficient (Wildman–Crippen LogP) is 5.90. The molecule has 2 nitrogen and oxygen atoms in total. The van der Waals surface area contributed by atoms with Crippen molar-refractivity contribution in [1.82, 2.24) is 0 Å². The molecule has 0 fully saturated rings. The zero-order chi connectivity index (χ0) is 18.7. The minimum atomic E-state index is 0.118. The molecule has 2 aromatic rings. The minimum absolute atomic E-state index is 0.118. The number of aromatic hydroxyl groups is 2. The van der Waals surface area contributed by atoms with Gasteiger partial charge in [-0.15, -0.1) is 0 Å². The van der Waals surface area contributed by atoms with E-state index in [2.05, 4.69) is 38.6 Å². The number of aryl methyl sites for hydroxylation is 2. The Kier molecular flexibility index (Phi) is 5.51. The molecule has 2 aromatic carbocycles. The highest BCUT2D eigenvalue weighted by Gasteiger charge is 2.29. The van der Waals surface area contributed by atoms with Crippen LogP contribution in [0.2, 0.25) is 0 Å². The van der Waals surface area contributed by atoms with E-state index in [1.54, 1.807) is 0 Å². The van der Waals surface area contributed by atoms with Crippen molar-refractivity contribution in [2.24, 2.45) is 5.92 Å². The van der Waals surface area contributed by atoms with Crippen molar-refractivity contribution in [3.8, 4) is 11.5 Å². The van der Waals surface area contributed by atoms with Gasteiger partial charge in [-0.05, 0) is 62.6 Å². The van der Waals surface area contributed by atoms with Crippen LogP contribution in [0.4, 0.5) is 0 Å². The Hall–Kier alpha value is -2.48. The largest absolute Gasteiger partial charge is 0.508 e. The predicted molar refractivity (Wildman–Crippen MR) is 108 cm³/mol. The highest BCUT2D eigenvalue weighted by molar-refractivity contribution is 5.50. The summed E-state index contributed by atoms with van der Waals surface area (Å²) in [5.41, 5.74) is 5.74. The number of phenolic OH excluding ortho intramolecular Hbond substituents is 2. The molecule has 0 saturated carbocycles. The molecule has 2 atom stereocenters. The molecular weight excluding hydrogens is 320 g/mol. The zero-order valence-electron chi connectivity index (χ0n) is 15.7. The maximum absolute atomic E-state index is 10.7. The summed E-state index contributed by atoms with van der Waals surface area (Å²) in [5.74, 6) is 0.755. The Labute approximate surface area is 156 Å². The van der Waals surface area contributed by atoms with Crippen LogP contribution in [0.5, 0.6) is 11.5 Å². The van der Waals surface area contributed by atoms with Crippen LogP contribution in [0.15, 0.2) is 66.3 Å². The van der Waals surface area contributed by atoms with E-state index >= 15 is 0 Å². The van der Waals surface area contributed by atoms with Gasteiger partial charge in [-0.3, -0.25) is 0 Å². The van der Waals surface area contributed by atoms with Crippen LogP contribution in [-0.2, 0) is 12.8 Å². The Morgan fingerprint density at radius 1 is 1.12 bits per heavy atom. The molecule has 3 rings (SSSR count). The Balaban J connectivity index is 1.99. The van der Waals surface area contributed by atoms with E-state index in [4.69, 9.17) is 0 Å². The van der Waals surface area contributed by atoms with Crippen LogP contribution in [0.3, 0.4) is 0 Å². The fraction of sp³-hybridized carbons (Fsp3) is 0.333. The number of benzene rings is 2. The first-order valence-electron chi connectivity index (χ1n) is 9.37. The molecule has 2 heteroatoms. The molecule has 1 aliphatic rings. The van der Waals surface area contributed by atoms with E-state index in [1.807, 2.05) is 24.3 Å². The third kappa shape index (κ3) is 4.01. The van der Waals surface area contributed by atoms with Gasteiger partial charge >= 0.3 is 0 Å². The number of allylic oxidation sites excluding steroid dienone is 3. The van der Waals surface area contributed by atoms with E-state index < -0.39 is 0 Å². The van der Waals surface area contributed by atoms with Gasteiger partial charge in [-0.1, -0.05) is 54.1 Å². The van der Waals surface area contributed by atoms with Gasteiger partial charge in [0.1, 0.15) is 11.5 Å². The molecule has 0 heterocycles. The Morgan fingerprint density at radius 2 is 1.85 bits per heavy atom. The lowest BCUT2D eigenvalue weighted by Gasteiger charge is -2.32. The topological polar surface area (TPSA) is 40.5 Å². The van der Waals surface area contributed by atoms with Gasteiger partial charge in [0.15, 0.2) is 0 Å². The Morgan fingerprint density at radius 3 is 2.54 bits per heavy atom. The van der Waals surface area contributed by atoms with Gasteiger partial charge in [-0.2, -0.15) is 0 Å². The maximum Gasteiger partial charge on any atom is 0.123 e. The average Bonchev–Trinajstić information content (AvgIpc) is 2.60. The van der Waals surface area contributed by atoms with E-state index in [0.29, 0.717) is 5.92 Å². The summed E-state index contributed by atoms with van der Waals surface area (Å²) in [5, 5.41) is 20.7. The van der Waals surface area contributed by atoms with Gasteiger partial charge in [0.25, 0.3) is 0 Å². The lowest BCUT2D eigenvalue weighted by atomic mass is 9.72. The lowest BCUT2D eigenvalue weighted by Crippen LogP contribution is -2.18. The van der Waals surface area contributed by atoms with Crippen molar-refractivity contribution < 1.29 is 10.2 Å². The molecule has 0 saturated heterocycles. The second-order valence-corrected chi connectivity index (χ2v) is 7.55. The summed E-state index contributed by atoms with van der Waals surface area (Å²) < 4.78 is 0. The zero-order valence-corrected chi connectivity index (χ0v) is 15.7. The van der Waals surface area contributed by atoms with Crippen molar-refractivity contribution in [2.75, 3.05) is 0 Å². The summed E-state index contributed by atoms with van der Waals surface area (Å²) in [6.07, 6.45) is 6.07. The summed E-state index contributed by atoms with van der Waals surface area (Å²) >= 11 is 0. The van der Waals surface area contributed by atoms with Crippen LogP contribution < -0.4 is 0 Å². The number of hydrogen-bond donors (Lipinski definition) is 2. The van der Waals surface area contributed by atoms with Crippen LogP contribution in [0.25, 0.3) is 0 Å². The maximum atomic E-state index is 10.7. The number of hydrogen-bond acceptors (Lipinski definition) is 2. The number of phenols is 2. The molecule has 0 radical (unpaired) electrons. The number of rotatable bonds is 5. The van der Waals surface area contributed by atoms with Crippen molar-refractivity contribution in [3.05, 3.63) is 83.0 Å². The first kappa shape index (κ1) is 18.3. The summed E-state index contributed by atoms with van der Waals surface area (Å²) in [6, 6.07) is 13.6. The minimum Gasteiger partial charge on any atom is -0.508 e. The summed E-state index contributed by atoms with van der Waals surface area (Å²) in [6.45, 7) is 8.42. The van der Waals surface area contributed by atoms with E-state index in [1.165, 1.54) is 17.2 Å². The first-order valence-corrected chi connectivity index (χ1v) is 9.37. The van der Waals surface area contributed by atoms with Gasteiger partial charge in [0.05, 0.1) is 0 Å². The highest BCUT2D eigenvalue weighted by atomic mass is 16.3. The monoisotopic (exact) mass is 348 g/mol. The van der Waals surface area contributed by atoms with Crippen molar-refractivity contribution >= 4 is 0 Å². The van der Waals surface area contributed by atoms with Crippen LogP contribution in [0, 0.1) is 5.92 Å². The molecule has 0 spiro atoms. The molecule has 2 N–H and O–H groups in total. The summed E-state index contributed by atoms with van der Waals surface area (Å²) in [7, 11) is 0. The first-order chi connectivity index (χ1) is 12.5. The van der Waals surface area contributed by atoms with Crippen molar-refractivity contribution in [1.29, 1.82) is 0 Å². The van der Waals surface area contributed by atoms with Crippen molar-refractivity contribution in [2.45, 2.75) is 45.4 Å². The van der Waals surface area contributed by atoms with Gasteiger partial charge in [-0.25, -0.2) is 0 Å². The molecule has 0 bridgehead atoms. The van der Waals surface area contributed by atoms with Crippen molar-refractivity contribution in [3.63, 3.8) is 0 Å². The van der Waals surface area contributed by atoms with E-state index in [-0.39, 0.29) is 17.4 Å². The SMILES string of the molecule is C=C(C)C1CCC(C)=C[C@H]1c1c(O)cc(O)cc1CCc1ccccc1. The molecule has 136 valence electrons. The normalized spacial score (nSPS) is 19.8. The molecule has 0 aromatic heterocycles. The second-order valence-electron chi connectivity index (χ2n) is 7.55. The average molecular weight is 348 g/mol. The fourth-order valence-electron chi connectivity index (χ4n) is 4.10. The molecule has 1 unspecified atom stereocenters. The highest BCUT2D eigenvalue weighted by Crippen LogP contribution is 2.45. The van der Waals surface area contributed by atoms with E-state index in [0.717, 1.165) is 42.4 Å². The molecule has 26 heavy (non-hydrogen) atoms. The third-order valence-electron chi connectivity index (χ3n) is 5.47. The molecular formula is C24H28O2. The standard InChI is InChI=1S/C24H28O2/c1-16(2)21-12-9-17(3)13-22(21)24-19(14-20(25)15-23(24)26)11-10-18-7-5-4-6-8-18/h4-8,13-15,21-22,25-26H,1,9-12H2,2-3H3/t21?,22-/m1/s1. The second kappa shape index (κ2) is 7.82. The molecule has 0 aliphatic heterocycles. The lowest BCUT2D eigenvalue weighted by molar-refractivity contribution is 0.423. The van der Waals surface area contributed by atoms with Gasteiger partial charge in [0.2, 0.25) is 0 Å². The smallest absolute Gasteiger partial charge is 0.123 e. The van der Waals surface area contributed by atoms with Gasteiger partial charge < -0.3 is 10.2 Å². The van der Waals surface area contributed by atoms with Crippen LogP contribution in [-0.4, -0.2) is 10.2 Å². The van der Waals surface area contributed by atoms with Gasteiger partial charge in [0, 0.05) is 17.5 Å². The fourth-order valence-corrected chi connectivity index (χ4v) is 4.10. The summed E-state index contributed by atoms with van der Waals surface area (Å²) in [4.78, 5) is 0. The molecule has 0 amide bonds. The molecule has 1 aliphatic carbocycles. The Bertz CT molecular complexity index is 818. The van der Waals surface area contributed by atoms with Crippen LogP contribution in [0.1, 0.15) is 49.3 Å².